The highest BCUT2D eigenvalue weighted by Crippen LogP contribution is 2.68. The number of allylic oxidation sites excluding steroid dienone is 1. The normalized spacial score (nSPS) is 52.2. The number of aliphatic hydroxyl groups excluding tert-OH is 1. The van der Waals surface area contributed by atoms with Crippen LogP contribution in [0.4, 0.5) is 0 Å². The quantitative estimate of drug-likeness (QED) is 0.441. The van der Waals surface area contributed by atoms with E-state index in [0.717, 1.165) is 54.3 Å². The molecule has 176 valence electrons. The summed E-state index contributed by atoms with van der Waals surface area (Å²) in [6.07, 6.45) is 17.3. The van der Waals surface area contributed by atoms with Crippen LogP contribution in [-0.4, -0.2) is 11.2 Å². The van der Waals surface area contributed by atoms with Crippen molar-refractivity contribution in [1.82, 2.24) is 0 Å². The smallest absolute Gasteiger partial charge is 0.0577 e. The highest BCUT2D eigenvalue weighted by Gasteiger charge is 2.59. The van der Waals surface area contributed by atoms with Crippen LogP contribution in [0, 0.1) is 57.7 Å². The molecule has 1 nitrogen and oxygen atoms in total. The van der Waals surface area contributed by atoms with E-state index in [0.29, 0.717) is 16.2 Å². The minimum absolute atomic E-state index is 0.0789. The van der Waals surface area contributed by atoms with Crippen LogP contribution in [0.5, 0.6) is 0 Å². The monoisotopic (exact) mass is 426 g/mol. The van der Waals surface area contributed by atoms with Crippen molar-refractivity contribution in [1.29, 1.82) is 0 Å². The van der Waals surface area contributed by atoms with Gasteiger partial charge in [-0.25, -0.2) is 0 Å². The van der Waals surface area contributed by atoms with Crippen molar-refractivity contribution in [2.45, 2.75) is 118 Å². The average molecular weight is 427 g/mol. The highest BCUT2D eigenvalue weighted by atomic mass is 16.3. The van der Waals surface area contributed by atoms with E-state index in [1.165, 1.54) is 57.8 Å². The first-order chi connectivity index (χ1) is 14.6. The summed E-state index contributed by atoms with van der Waals surface area (Å²) >= 11 is 0. The van der Waals surface area contributed by atoms with E-state index in [9.17, 15) is 5.11 Å². The average Bonchev–Trinajstić information content (AvgIpc) is 3.25. The first-order valence-corrected chi connectivity index (χ1v) is 14.0. The molecule has 4 fully saturated rings. The molecule has 1 unspecified atom stereocenters. The van der Waals surface area contributed by atoms with E-state index in [4.69, 9.17) is 0 Å². The Bertz CT molecular complexity index is 722. The minimum Gasteiger partial charge on any atom is -0.393 e. The lowest BCUT2D eigenvalue weighted by Gasteiger charge is -2.58. The Kier molecular flexibility index (Phi) is 5.52. The van der Waals surface area contributed by atoms with Gasteiger partial charge < -0.3 is 5.11 Å². The maximum absolute atomic E-state index is 10.3. The molecule has 10 atom stereocenters. The van der Waals surface area contributed by atoms with Gasteiger partial charge in [-0.05, 0) is 128 Å². The zero-order valence-electron chi connectivity index (χ0n) is 21.4. The number of aliphatic hydroxyl groups is 1. The van der Waals surface area contributed by atoms with Gasteiger partial charge in [0.25, 0.3) is 0 Å². The van der Waals surface area contributed by atoms with Crippen molar-refractivity contribution >= 4 is 0 Å². The van der Waals surface area contributed by atoms with E-state index < -0.39 is 0 Å². The molecule has 0 aromatic rings. The third-order valence-corrected chi connectivity index (χ3v) is 12.6. The molecule has 4 saturated carbocycles. The van der Waals surface area contributed by atoms with Crippen LogP contribution in [0.1, 0.15) is 112 Å². The maximum Gasteiger partial charge on any atom is 0.0577 e. The van der Waals surface area contributed by atoms with Gasteiger partial charge in [0.15, 0.2) is 0 Å². The third kappa shape index (κ3) is 3.33. The second-order valence-electron chi connectivity index (χ2n) is 13.9. The van der Waals surface area contributed by atoms with Gasteiger partial charge in [-0.3, -0.25) is 0 Å². The molecule has 0 radical (unpaired) electrons. The summed E-state index contributed by atoms with van der Waals surface area (Å²) in [6.45, 7) is 15.3. The zero-order chi connectivity index (χ0) is 22.2. The SMILES string of the molecule is CC(C)[C@@]1(CC[C@@H](C)[C@H]2CC[C@H]3[C@@H]4CC=C5CC(O)CC[C@]5(C)[C@H]4CC[C@]23C)C[C@H]1C. The molecule has 0 aliphatic heterocycles. The van der Waals surface area contributed by atoms with Crippen molar-refractivity contribution in [3.05, 3.63) is 11.6 Å². The van der Waals surface area contributed by atoms with Crippen molar-refractivity contribution in [2.24, 2.45) is 57.7 Å². The standard InChI is InChI=1S/C30H50O/c1-19(2)30(18-21(30)4)16-11-20(3)25-9-10-26-24-8-7-22-17-23(31)12-14-28(22,5)27(24)13-15-29(25,26)6/h7,19-21,23-27,31H,8-18H2,1-6H3/t20-,21-,23?,24+,25-,26+,27+,28+,29-,30-/m1/s1. The van der Waals surface area contributed by atoms with Crippen LogP contribution in [0.25, 0.3) is 0 Å². The van der Waals surface area contributed by atoms with Crippen molar-refractivity contribution < 1.29 is 5.11 Å². The third-order valence-electron chi connectivity index (χ3n) is 12.6. The predicted octanol–water partition coefficient (Wildman–Crippen LogP) is 8.02. The number of fused-ring (bicyclic) bond motifs is 5. The Morgan fingerprint density at radius 3 is 2.45 bits per heavy atom. The molecule has 1 N–H and O–H groups in total. The number of hydrogen-bond acceptors (Lipinski definition) is 1. The summed E-state index contributed by atoms with van der Waals surface area (Å²) in [5.41, 5.74) is 3.27. The Labute approximate surface area is 192 Å². The summed E-state index contributed by atoms with van der Waals surface area (Å²) in [6, 6.07) is 0. The molecule has 5 rings (SSSR count). The van der Waals surface area contributed by atoms with Crippen molar-refractivity contribution in [2.75, 3.05) is 0 Å². The Morgan fingerprint density at radius 1 is 1.03 bits per heavy atom. The summed E-state index contributed by atoms with van der Waals surface area (Å²) in [5.74, 6) is 6.39. The molecule has 5 aliphatic rings. The van der Waals surface area contributed by atoms with E-state index in [1.807, 2.05) is 0 Å². The summed E-state index contributed by atoms with van der Waals surface area (Å²) in [5, 5.41) is 10.3. The van der Waals surface area contributed by atoms with Gasteiger partial charge >= 0.3 is 0 Å². The van der Waals surface area contributed by atoms with Crippen LogP contribution in [0.3, 0.4) is 0 Å². The van der Waals surface area contributed by atoms with E-state index >= 15 is 0 Å². The van der Waals surface area contributed by atoms with Gasteiger partial charge in [0.05, 0.1) is 6.10 Å². The maximum atomic E-state index is 10.3. The Morgan fingerprint density at radius 2 is 1.77 bits per heavy atom. The van der Waals surface area contributed by atoms with Gasteiger partial charge in [-0.15, -0.1) is 0 Å². The predicted molar refractivity (Wildman–Crippen MR) is 131 cm³/mol. The van der Waals surface area contributed by atoms with Gasteiger partial charge in [0, 0.05) is 0 Å². The number of rotatable bonds is 5. The van der Waals surface area contributed by atoms with Crippen LogP contribution >= 0.6 is 0 Å². The number of hydrogen-bond donors (Lipinski definition) is 1. The topological polar surface area (TPSA) is 20.2 Å². The fourth-order valence-electron chi connectivity index (χ4n) is 10.3. The molecular formula is C30H50O. The first kappa shape index (κ1) is 22.5. The molecule has 0 amide bonds. The molecule has 5 aliphatic carbocycles. The molecule has 0 heterocycles. The van der Waals surface area contributed by atoms with Crippen LogP contribution in [0.15, 0.2) is 11.6 Å². The first-order valence-electron chi connectivity index (χ1n) is 14.0. The lowest BCUT2D eigenvalue weighted by molar-refractivity contribution is -0.0576. The lowest BCUT2D eigenvalue weighted by atomic mass is 9.47. The Balaban J connectivity index is 1.30. The Hall–Kier alpha value is -0.300. The van der Waals surface area contributed by atoms with E-state index in [-0.39, 0.29) is 6.10 Å². The molecule has 0 aromatic carbocycles. The minimum atomic E-state index is -0.0789. The molecular weight excluding hydrogens is 376 g/mol. The molecule has 1 heteroatoms. The molecule has 31 heavy (non-hydrogen) atoms. The van der Waals surface area contributed by atoms with Gasteiger partial charge in [0.1, 0.15) is 0 Å². The van der Waals surface area contributed by atoms with Crippen molar-refractivity contribution in [3.63, 3.8) is 0 Å². The van der Waals surface area contributed by atoms with E-state index in [1.54, 1.807) is 5.57 Å². The van der Waals surface area contributed by atoms with Crippen LogP contribution in [-0.2, 0) is 0 Å². The molecule has 0 spiro atoms. The second kappa shape index (κ2) is 7.61. The lowest BCUT2D eigenvalue weighted by Crippen LogP contribution is -2.50. The molecule has 0 saturated heterocycles. The summed E-state index contributed by atoms with van der Waals surface area (Å²) in [4.78, 5) is 0. The van der Waals surface area contributed by atoms with Gasteiger partial charge in [-0.1, -0.05) is 53.2 Å². The van der Waals surface area contributed by atoms with Gasteiger partial charge in [-0.2, -0.15) is 0 Å². The second-order valence-corrected chi connectivity index (χ2v) is 13.9. The van der Waals surface area contributed by atoms with E-state index in [2.05, 4.69) is 47.6 Å². The molecule has 0 bridgehead atoms. The molecule has 0 aromatic heterocycles. The van der Waals surface area contributed by atoms with Crippen LogP contribution in [0.2, 0.25) is 0 Å². The summed E-state index contributed by atoms with van der Waals surface area (Å²) < 4.78 is 0. The fraction of sp³-hybridized carbons (Fsp3) is 0.933. The highest BCUT2D eigenvalue weighted by molar-refractivity contribution is 5.25. The zero-order valence-corrected chi connectivity index (χ0v) is 21.4. The largest absolute Gasteiger partial charge is 0.393 e. The van der Waals surface area contributed by atoms with Crippen LogP contribution < -0.4 is 0 Å². The van der Waals surface area contributed by atoms with Crippen molar-refractivity contribution in [3.8, 4) is 0 Å². The van der Waals surface area contributed by atoms with Gasteiger partial charge in [0.2, 0.25) is 0 Å². The summed E-state index contributed by atoms with van der Waals surface area (Å²) in [7, 11) is 0. The fourth-order valence-corrected chi connectivity index (χ4v) is 10.3.